The molecule has 5 nitrogen and oxygen atoms in total. The highest BCUT2D eigenvalue weighted by atomic mass is 19.1. The van der Waals surface area contributed by atoms with E-state index in [2.05, 4.69) is 36.4 Å². The Morgan fingerprint density at radius 1 is 1.11 bits per heavy atom. The number of nitrogens with zero attached hydrogens (tertiary/aromatic N) is 2. The molecular formula is C29H29F2N3O2. The van der Waals surface area contributed by atoms with Crippen LogP contribution in [0.25, 0.3) is 5.52 Å². The summed E-state index contributed by atoms with van der Waals surface area (Å²) in [5, 5.41) is 7.76. The lowest BCUT2D eigenvalue weighted by Crippen LogP contribution is -2.35. The molecule has 2 heterocycles. The number of fused-ring (bicyclic) bond motifs is 2. The fraction of sp³-hybridized carbons (Fsp3) is 0.310. The third kappa shape index (κ3) is 4.23. The minimum Gasteiger partial charge on any atom is -0.473 e. The van der Waals surface area contributed by atoms with Crippen molar-refractivity contribution in [1.29, 1.82) is 0 Å². The van der Waals surface area contributed by atoms with Crippen LogP contribution in [0.15, 0.2) is 54.6 Å². The van der Waals surface area contributed by atoms with Gasteiger partial charge in [0.2, 0.25) is 5.88 Å². The van der Waals surface area contributed by atoms with Gasteiger partial charge in [0, 0.05) is 6.07 Å². The first kappa shape index (κ1) is 24.0. The van der Waals surface area contributed by atoms with E-state index >= 15 is 0 Å². The predicted octanol–water partition coefficient (Wildman–Crippen LogP) is 6.35. The summed E-state index contributed by atoms with van der Waals surface area (Å²) < 4.78 is 35.5. The molecule has 7 heteroatoms. The molecule has 0 aliphatic heterocycles. The topological polar surface area (TPSA) is 55.6 Å². The van der Waals surface area contributed by atoms with Crippen molar-refractivity contribution in [3.63, 3.8) is 0 Å². The van der Waals surface area contributed by atoms with Crippen molar-refractivity contribution < 1.29 is 18.3 Å². The number of amides is 1. The average Bonchev–Trinajstić information content (AvgIpc) is 3.16. The van der Waals surface area contributed by atoms with Crippen molar-refractivity contribution >= 4 is 11.4 Å². The van der Waals surface area contributed by atoms with Crippen molar-refractivity contribution in [1.82, 2.24) is 14.9 Å². The molecule has 1 atom stereocenters. The highest BCUT2D eigenvalue weighted by Crippen LogP contribution is 2.41. The van der Waals surface area contributed by atoms with E-state index in [1.54, 1.807) is 13.0 Å². The monoisotopic (exact) mass is 489 g/mol. The van der Waals surface area contributed by atoms with Gasteiger partial charge in [-0.15, -0.1) is 0 Å². The largest absolute Gasteiger partial charge is 0.473 e. The van der Waals surface area contributed by atoms with Crippen LogP contribution < -0.4 is 10.1 Å². The highest BCUT2D eigenvalue weighted by molar-refractivity contribution is 6.02. The van der Waals surface area contributed by atoms with Gasteiger partial charge < -0.3 is 10.1 Å². The maximum atomic E-state index is 14.1. The zero-order chi connectivity index (χ0) is 25.6. The number of hydrogen-bond acceptors (Lipinski definition) is 3. The smallest absolute Gasteiger partial charge is 0.255 e. The number of aryl methyl sites for hydroxylation is 2. The molecule has 1 aliphatic carbocycles. The molecule has 1 unspecified atom stereocenters. The van der Waals surface area contributed by atoms with Gasteiger partial charge in [-0.2, -0.15) is 9.61 Å². The fourth-order valence-corrected chi connectivity index (χ4v) is 5.15. The Morgan fingerprint density at radius 3 is 2.58 bits per heavy atom. The first-order chi connectivity index (χ1) is 17.2. The molecule has 0 saturated carbocycles. The molecule has 1 aliphatic rings. The van der Waals surface area contributed by atoms with Gasteiger partial charge in [-0.25, -0.2) is 8.78 Å². The van der Waals surface area contributed by atoms with Crippen molar-refractivity contribution in [3.8, 4) is 5.88 Å². The lowest BCUT2D eigenvalue weighted by atomic mass is 9.71. The van der Waals surface area contributed by atoms with E-state index < -0.39 is 11.6 Å². The summed E-state index contributed by atoms with van der Waals surface area (Å²) in [6, 6.07) is 15.5. The van der Waals surface area contributed by atoms with Gasteiger partial charge in [-0.1, -0.05) is 44.2 Å². The van der Waals surface area contributed by atoms with Crippen LogP contribution in [0, 0.1) is 25.5 Å². The third-order valence-corrected chi connectivity index (χ3v) is 7.10. The standard InChI is InChI=1S/C29H29F2N3O2/c1-17-14-25-27(28(35)32-24-12-13-29(3,4)21-9-6-5-8-19(21)24)18(2)33-34(25)26(15-17)36-16-20-22(30)10-7-11-23(20)31/h5-11,14-15,24H,12-13,16H2,1-4H3,(H,32,35). The van der Waals surface area contributed by atoms with Gasteiger partial charge in [0.1, 0.15) is 18.2 Å². The molecule has 1 amide bonds. The van der Waals surface area contributed by atoms with Crippen LogP contribution in [0.1, 0.15) is 71.0 Å². The molecule has 5 rings (SSSR count). The Labute approximate surface area is 209 Å². The molecule has 0 spiro atoms. The van der Waals surface area contributed by atoms with Crippen LogP contribution in [-0.4, -0.2) is 15.5 Å². The zero-order valence-corrected chi connectivity index (χ0v) is 20.9. The van der Waals surface area contributed by atoms with E-state index in [4.69, 9.17) is 4.74 Å². The summed E-state index contributed by atoms with van der Waals surface area (Å²) in [6.07, 6.45) is 1.81. The van der Waals surface area contributed by atoms with Crippen molar-refractivity contribution in [2.45, 2.75) is 58.6 Å². The van der Waals surface area contributed by atoms with Crippen molar-refractivity contribution in [2.24, 2.45) is 0 Å². The number of carbonyl (C=O) groups excluding carboxylic acids is 1. The van der Waals surface area contributed by atoms with E-state index in [-0.39, 0.29) is 29.5 Å². The SMILES string of the molecule is Cc1cc(OCc2c(F)cccc2F)n2nc(C)c(C(=O)NC3CCC(C)(C)c4ccccc43)c2c1. The quantitative estimate of drug-likeness (QED) is 0.355. The number of rotatable bonds is 5. The number of carbonyl (C=O) groups is 1. The molecule has 186 valence electrons. The number of nitrogens with one attached hydrogen (secondary N) is 1. The Hall–Kier alpha value is -3.74. The summed E-state index contributed by atoms with van der Waals surface area (Å²) >= 11 is 0. The molecule has 4 aromatic rings. The molecule has 0 fully saturated rings. The minimum absolute atomic E-state index is 0.0548. The van der Waals surface area contributed by atoms with Gasteiger partial charge in [-0.05, 0) is 67.0 Å². The van der Waals surface area contributed by atoms with Gasteiger partial charge in [0.15, 0.2) is 0 Å². The first-order valence-corrected chi connectivity index (χ1v) is 12.1. The molecule has 0 radical (unpaired) electrons. The van der Waals surface area contributed by atoms with E-state index in [9.17, 15) is 13.6 Å². The summed E-state index contributed by atoms with van der Waals surface area (Å²) in [7, 11) is 0. The van der Waals surface area contributed by atoms with Crippen LogP contribution in [0.3, 0.4) is 0 Å². The van der Waals surface area contributed by atoms with Crippen molar-refractivity contribution in [3.05, 3.63) is 99.7 Å². The second-order valence-electron chi connectivity index (χ2n) is 10.2. The molecule has 1 N–H and O–H groups in total. The summed E-state index contributed by atoms with van der Waals surface area (Å²) in [6.45, 7) is 7.81. The molecular weight excluding hydrogens is 460 g/mol. The zero-order valence-electron chi connectivity index (χ0n) is 20.9. The fourth-order valence-electron chi connectivity index (χ4n) is 5.15. The number of pyridine rings is 1. The molecule has 0 bridgehead atoms. The lowest BCUT2D eigenvalue weighted by molar-refractivity contribution is 0.0930. The van der Waals surface area contributed by atoms with E-state index in [0.717, 1.165) is 24.0 Å². The molecule has 2 aromatic heterocycles. The van der Waals surface area contributed by atoms with Crippen LogP contribution in [0.2, 0.25) is 0 Å². The van der Waals surface area contributed by atoms with Crippen LogP contribution in [-0.2, 0) is 12.0 Å². The predicted molar refractivity (Wildman–Crippen MR) is 134 cm³/mol. The second kappa shape index (κ2) is 9.04. The minimum atomic E-state index is -0.674. The summed E-state index contributed by atoms with van der Waals surface area (Å²) in [5.74, 6) is -1.25. The third-order valence-electron chi connectivity index (χ3n) is 7.10. The number of halogens is 2. The lowest BCUT2D eigenvalue weighted by Gasteiger charge is -2.37. The van der Waals surface area contributed by atoms with E-state index in [1.807, 2.05) is 25.1 Å². The van der Waals surface area contributed by atoms with Crippen LogP contribution >= 0.6 is 0 Å². The van der Waals surface area contributed by atoms with Gasteiger partial charge in [-0.3, -0.25) is 4.79 Å². The number of aromatic nitrogens is 2. The van der Waals surface area contributed by atoms with Crippen molar-refractivity contribution in [2.75, 3.05) is 0 Å². The number of hydrogen-bond donors (Lipinski definition) is 1. The second-order valence-corrected chi connectivity index (χ2v) is 10.2. The Balaban J connectivity index is 1.46. The van der Waals surface area contributed by atoms with Gasteiger partial charge in [0.25, 0.3) is 5.91 Å². The summed E-state index contributed by atoms with van der Waals surface area (Å²) in [5.41, 5.74) is 4.72. The number of benzene rings is 2. The van der Waals surface area contributed by atoms with E-state index in [1.165, 1.54) is 28.3 Å². The van der Waals surface area contributed by atoms with E-state index in [0.29, 0.717) is 22.7 Å². The Bertz CT molecular complexity index is 1450. The first-order valence-electron chi connectivity index (χ1n) is 12.1. The average molecular weight is 490 g/mol. The normalized spacial score (nSPS) is 16.6. The van der Waals surface area contributed by atoms with Gasteiger partial charge in [0.05, 0.1) is 28.4 Å². The van der Waals surface area contributed by atoms with Gasteiger partial charge >= 0.3 is 0 Å². The Morgan fingerprint density at radius 2 is 1.83 bits per heavy atom. The van der Waals surface area contributed by atoms with Crippen LogP contribution in [0.4, 0.5) is 8.78 Å². The summed E-state index contributed by atoms with van der Waals surface area (Å²) in [4.78, 5) is 13.6. The molecule has 0 saturated heterocycles. The molecule has 36 heavy (non-hydrogen) atoms. The maximum absolute atomic E-state index is 14.1. The Kier molecular flexibility index (Phi) is 6.02. The highest BCUT2D eigenvalue weighted by Gasteiger charge is 2.33. The van der Waals surface area contributed by atoms with Crippen LogP contribution in [0.5, 0.6) is 5.88 Å². The number of ether oxygens (including phenoxy) is 1. The maximum Gasteiger partial charge on any atom is 0.255 e. The molecule has 2 aromatic carbocycles.